The van der Waals surface area contributed by atoms with Gasteiger partial charge in [0, 0.05) is 18.7 Å². The molecular formula is C18H19BrN2O3S. The van der Waals surface area contributed by atoms with E-state index in [4.69, 9.17) is 9.47 Å². The van der Waals surface area contributed by atoms with Crippen molar-refractivity contribution in [3.8, 4) is 11.5 Å². The van der Waals surface area contributed by atoms with E-state index < -0.39 is 0 Å². The minimum atomic E-state index is 0. The largest absolute Gasteiger partial charge is 0.497 e. The molecule has 3 rings (SSSR count). The van der Waals surface area contributed by atoms with Crippen molar-refractivity contribution < 1.29 is 14.3 Å². The molecule has 3 aromatic rings. The quantitative estimate of drug-likeness (QED) is 0.441. The first-order valence-electron chi connectivity index (χ1n) is 7.43. The number of ether oxygens (including phenoxy) is 2. The number of imidazole rings is 1. The van der Waals surface area contributed by atoms with E-state index in [9.17, 15) is 4.79 Å². The number of aryl methyl sites for hydroxylation is 1. The number of methoxy groups -OCH3 is 2. The standard InChI is InChI=1S/C18H18N2O3S.BrH/c1-20-16-9-8-14(23-3)10-15(16)19-18(20)24-11-17(21)12-4-6-13(22-2)7-5-12;/h4-10H,11H2,1-3H3;1H. The van der Waals surface area contributed by atoms with Gasteiger partial charge in [0.15, 0.2) is 10.9 Å². The van der Waals surface area contributed by atoms with Gasteiger partial charge in [0.1, 0.15) is 11.5 Å². The van der Waals surface area contributed by atoms with Crippen LogP contribution in [0.5, 0.6) is 11.5 Å². The van der Waals surface area contributed by atoms with Crippen molar-refractivity contribution >= 4 is 45.6 Å². The smallest absolute Gasteiger partial charge is 0.173 e. The van der Waals surface area contributed by atoms with Crippen molar-refractivity contribution in [3.63, 3.8) is 0 Å². The van der Waals surface area contributed by atoms with Gasteiger partial charge in [-0.2, -0.15) is 0 Å². The fourth-order valence-corrected chi connectivity index (χ4v) is 3.29. The Kier molecular flexibility index (Phi) is 6.50. The summed E-state index contributed by atoms with van der Waals surface area (Å²) in [5.41, 5.74) is 2.54. The molecular weight excluding hydrogens is 404 g/mol. The second kappa shape index (κ2) is 8.40. The number of carbonyl (C=O) groups excluding carboxylic acids is 1. The number of ketones is 1. The number of hydrogen-bond donors (Lipinski definition) is 0. The van der Waals surface area contributed by atoms with Crippen LogP contribution in [0.1, 0.15) is 10.4 Å². The fraction of sp³-hybridized carbons (Fsp3) is 0.222. The van der Waals surface area contributed by atoms with E-state index in [-0.39, 0.29) is 22.8 Å². The summed E-state index contributed by atoms with van der Waals surface area (Å²) in [6.45, 7) is 0. The molecule has 0 fully saturated rings. The number of hydrogen-bond acceptors (Lipinski definition) is 5. The molecule has 132 valence electrons. The van der Waals surface area contributed by atoms with Crippen LogP contribution in [0.4, 0.5) is 0 Å². The van der Waals surface area contributed by atoms with Crippen molar-refractivity contribution in [2.24, 2.45) is 7.05 Å². The summed E-state index contributed by atoms with van der Waals surface area (Å²) in [6.07, 6.45) is 0. The predicted octanol–water partition coefficient (Wildman–Crippen LogP) is 4.14. The Bertz CT molecular complexity index is 878. The van der Waals surface area contributed by atoms with Gasteiger partial charge in [-0.25, -0.2) is 4.98 Å². The SMILES string of the molecule is Br.COc1ccc(C(=O)CSc2nc3cc(OC)ccc3n2C)cc1. The van der Waals surface area contributed by atoms with Crippen molar-refractivity contribution in [1.29, 1.82) is 0 Å². The maximum absolute atomic E-state index is 12.3. The molecule has 0 spiro atoms. The lowest BCUT2D eigenvalue weighted by Crippen LogP contribution is -2.03. The lowest BCUT2D eigenvalue weighted by atomic mass is 10.1. The average Bonchev–Trinajstić information content (AvgIpc) is 2.95. The van der Waals surface area contributed by atoms with Gasteiger partial charge >= 0.3 is 0 Å². The Morgan fingerprint density at radius 3 is 2.36 bits per heavy atom. The van der Waals surface area contributed by atoms with E-state index >= 15 is 0 Å². The molecule has 1 aromatic heterocycles. The molecule has 1 heterocycles. The van der Waals surface area contributed by atoms with Crippen molar-refractivity contribution in [2.75, 3.05) is 20.0 Å². The highest BCUT2D eigenvalue weighted by molar-refractivity contribution is 8.93. The summed E-state index contributed by atoms with van der Waals surface area (Å²) in [5.74, 6) is 1.91. The number of benzene rings is 2. The molecule has 0 amide bonds. The van der Waals surface area contributed by atoms with Crippen molar-refractivity contribution in [1.82, 2.24) is 9.55 Å². The zero-order chi connectivity index (χ0) is 17.1. The van der Waals surface area contributed by atoms with Crippen LogP contribution in [0.25, 0.3) is 11.0 Å². The van der Waals surface area contributed by atoms with Crippen LogP contribution >= 0.6 is 28.7 Å². The zero-order valence-corrected chi connectivity index (χ0v) is 16.7. The molecule has 7 heteroatoms. The number of carbonyl (C=O) groups is 1. The molecule has 0 saturated heterocycles. The maximum Gasteiger partial charge on any atom is 0.173 e. The number of rotatable bonds is 6. The predicted molar refractivity (Wildman–Crippen MR) is 106 cm³/mol. The monoisotopic (exact) mass is 422 g/mol. The average molecular weight is 423 g/mol. The van der Waals surface area contributed by atoms with Gasteiger partial charge in [-0.15, -0.1) is 17.0 Å². The zero-order valence-electron chi connectivity index (χ0n) is 14.2. The third kappa shape index (κ3) is 4.16. The summed E-state index contributed by atoms with van der Waals surface area (Å²) in [5, 5.41) is 0.806. The topological polar surface area (TPSA) is 53.4 Å². The molecule has 0 aliphatic heterocycles. The van der Waals surface area contributed by atoms with E-state index in [0.29, 0.717) is 11.3 Å². The van der Waals surface area contributed by atoms with E-state index in [1.807, 2.05) is 29.8 Å². The minimum absolute atomic E-state index is 0. The van der Waals surface area contributed by atoms with Crippen LogP contribution in [0.15, 0.2) is 47.6 Å². The minimum Gasteiger partial charge on any atom is -0.497 e. The molecule has 2 aromatic carbocycles. The van der Waals surface area contributed by atoms with Gasteiger partial charge in [-0.1, -0.05) is 11.8 Å². The lowest BCUT2D eigenvalue weighted by molar-refractivity contribution is 0.102. The molecule has 0 saturated carbocycles. The van der Waals surface area contributed by atoms with Crippen molar-refractivity contribution in [2.45, 2.75) is 5.16 Å². The van der Waals surface area contributed by atoms with Gasteiger partial charge in [-0.05, 0) is 36.4 Å². The van der Waals surface area contributed by atoms with Gasteiger partial charge < -0.3 is 14.0 Å². The molecule has 0 aliphatic carbocycles. The van der Waals surface area contributed by atoms with Gasteiger partial charge in [-0.3, -0.25) is 4.79 Å². The third-order valence-electron chi connectivity index (χ3n) is 3.79. The Balaban J connectivity index is 0.00000225. The normalized spacial score (nSPS) is 10.4. The van der Waals surface area contributed by atoms with Gasteiger partial charge in [0.25, 0.3) is 0 Å². The van der Waals surface area contributed by atoms with E-state index in [0.717, 1.165) is 27.7 Å². The second-order valence-electron chi connectivity index (χ2n) is 5.25. The Morgan fingerprint density at radius 2 is 1.72 bits per heavy atom. The first kappa shape index (κ1) is 19.3. The summed E-state index contributed by atoms with van der Waals surface area (Å²) in [7, 11) is 5.18. The number of aromatic nitrogens is 2. The highest BCUT2D eigenvalue weighted by atomic mass is 79.9. The second-order valence-corrected chi connectivity index (χ2v) is 6.19. The molecule has 0 atom stereocenters. The Hall–Kier alpha value is -1.99. The van der Waals surface area contributed by atoms with E-state index in [1.165, 1.54) is 11.8 Å². The fourth-order valence-electron chi connectivity index (χ4n) is 2.40. The van der Waals surface area contributed by atoms with Crippen molar-refractivity contribution in [3.05, 3.63) is 48.0 Å². The van der Waals surface area contributed by atoms with Crippen LogP contribution in [0, 0.1) is 0 Å². The number of fused-ring (bicyclic) bond motifs is 1. The number of Topliss-reactive ketones (excluding diaryl/α,β-unsaturated/α-hetero) is 1. The molecule has 5 nitrogen and oxygen atoms in total. The van der Waals surface area contributed by atoms with E-state index in [1.54, 1.807) is 38.5 Å². The maximum atomic E-state index is 12.3. The Labute approximate surface area is 161 Å². The van der Waals surface area contributed by atoms with Gasteiger partial charge in [0.05, 0.1) is 31.0 Å². The molecule has 25 heavy (non-hydrogen) atoms. The number of thioether (sulfide) groups is 1. The summed E-state index contributed by atoms with van der Waals surface area (Å²) in [6, 6.07) is 12.9. The summed E-state index contributed by atoms with van der Waals surface area (Å²) in [4.78, 5) is 16.9. The van der Waals surface area contributed by atoms with E-state index in [2.05, 4.69) is 4.98 Å². The number of nitrogens with zero attached hydrogens (tertiary/aromatic N) is 2. The van der Waals surface area contributed by atoms with Crippen LogP contribution in [-0.4, -0.2) is 35.3 Å². The molecule has 0 aliphatic rings. The lowest BCUT2D eigenvalue weighted by Gasteiger charge is -2.04. The molecule has 0 unspecified atom stereocenters. The molecule has 0 radical (unpaired) electrons. The Morgan fingerprint density at radius 1 is 1.08 bits per heavy atom. The third-order valence-corrected chi connectivity index (χ3v) is 4.82. The van der Waals surface area contributed by atoms with Gasteiger partial charge in [0.2, 0.25) is 0 Å². The number of halogens is 1. The summed E-state index contributed by atoms with van der Waals surface area (Å²) >= 11 is 1.43. The summed E-state index contributed by atoms with van der Waals surface area (Å²) < 4.78 is 12.3. The van der Waals surface area contributed by atoms with Crippen LogP contribution in [-0.2, 0) is 7.05 Å². The highest BCUT2D eigenvalue weighted by Crippen LogP contribution is 2.26. The van der Waals surface area contributed by atoms with Crippen LogP contribution in [0.2, 0.25) is 0 Å². The van der Waals surface area contributed by atoms with Crippen LogP contribution in [0.3, 0.4) is 0 Å². The molecule has 0 bridgehead atoms. The molecule has 0 N–H and O–H groups in total. The first-order chi connectivity index (χ1) is 11.6. The van der Waals surface area contributed by atoms with Crippen LogP contribution < -0.4 is 9.47 Å². The first-order valence-corrected chi connectivity index (χ1v) is 8.41. The highest BCUT2D eigenvalue weighted by Gasteiger charge is 2.12.